The molecule has 0 radical (unpaired) electrons. The van der Waals surface area contributed by atoms with Gasteiger partial charge < -0.3 is 15.2 Å². The van der Waals surface area contributed by atoms with Crippen molar-refractivity contribution in [1.29, 1.82) is 0 Å². The molecule has 4 heteroatoms. The van der Waals surface area contributed by atoms with E-state index in [4.69, 9.17) is 16.3 Å². The van der Waals surface area contributed by atoms with Gasteiger partial charge in [0, 0.05) is 17.3 Å². The summed E-state index contributed by atoms with van der Waals surface area (Å²) in [5, 5.41) is 13.9. The third kappa shape index (κ3) is 4.66. The van der Waals surface area contributed by atoms with Crippen LogP contribution in [0, 0.1) is 13.8 Å². The van der Waals surface area contributed by atoms with E-state index in [-0.39, 0.29) is 6.61 Å². The molecule has 2 aromatic carbocycles. The van der Waals surface area contributed by atoms with Crippen molar-refractivity contribution >= 4 is 17.3 Å². The van der Waals surface area contributed by atoms with E-state index in [1.54, 1.807) is 0 Å². The van der Waals surface area contributed by atoms with Gasteiger partial charge in [0.1, 0.15) is 18.5 Å². The topological polar surface area (TPSA) is 41.5 Å². The van der Waals surface area contributed by atoms with Crippen LogP contribution in [0.4, 0.5) is 5.69 Å². The molecule has 3 nitrogen and oxygen atoms in total. The third-order valence-corrected chi connectivity index (χ3v) is 3.49. The van der Waals surface area contributed by atoms with Crippen molar-refractivity contribution in [3.63, 3.8) is 0 Å². The molecule has 2 rings (SSSR count). The zero-order valence-corrected chi connectivity index (χ0v) is 13.0. The standard InChI is InChI=1S/C17H20ClNO2/c1-12-7-8-14(18)9-16(12)19-10-15(20)11-21-17-6-4-3-5-13(17)2/h3-9,15,19-20H,10-11H2,1-2H3. The second-order valence-electron chi connectivity index (χ2n) is 5.07. The molecule has 112 valence electrons. The normalized spacial score (nSPS) is 12.0. The Labute approximate surface area is 130 Å². The van der Waals surface area contributed by atoms with Crippen LogP contribution >= 0.6 is 11.6 Å². The molecule has 1 unspecified atom stereocenters. The molecule has 21 heavy (non-hydrogen) atoms. The van der Waals surface area contributed by atoms with E-state index >= 15 is 0 Å². The fraction of sp³-hybridized carbons (Fsp3) is 0.294. The summed E-state index contributed by atoms with van der Waals surface area (Å²) in [6.07, 6.45) is -0.594. The van der Waals surface area contributed by atoms with Gasteiger partial charge in [-0.2, -0.15) is 0 Å². The Kier molecular flexibility index (Phi) is 5.48. The molecular weight excluding hydrogens is 286 g/mol. The molecule has 0 aromatic heterocycles. The molecule has 2 N–H and O–H groups in total. The summed E-state index contributed by atoms with van der Waals surface area (Å²) in [6, 6.07) is 13.4. The Morgan fingerprint density at radius 1 is 1.14 bits per heavy atom. The van der Waals surface area contributed by atoms with Crippen LogP contribution in [0.25, 0.3) is 0 Å². The van der Waals surface area contributed by atoms with Gasteiger partial charge in [0.15, 0.2) is 0 Å². The Balaban J connectivity index is 1.84. The first-order chi connectivity index (χ1) is 10.1. The second kappa shape index (κ2) is 7.34. The van der Waals surface area contributed by atoms with E-state index in [0.717, 1.165) is 22.6 Å². The van der Waals surface area contributed by atoms with Crippen LogP contribution in [0.15, 0.2) is 42.5 Å². The summed E-state index contributed by atoms with van der Waals surface area (Å²) in [6.45, 7) is 4.63. The van der Waals surface area contributed by atoms with Crippen LogP contribution in [0.1, 0.15) is 11.1 Å². The number of para-hydroxylation sites is 1. The third-order valence-electron chi connectivity index (χ3n) is 3.25. The van der Waals surface area contributed by atoms with E-state index in [0.29, 0.717) is 11.6 Å². The Morgan fingerprint density at radius 2 is 1.90 bits per heavy atom. The number of ether oxygens (including phenoxy) is 1. The number of aryl methyl sites for hydroxylation is 2. The first kappa shape index (κ1) is 15.7. The number of hydrogen-bond acceptors (Lipinski definition) is 3. The van der Waals surface area contributed by atoms with Crippen molar-refractivity contribution in [3.05, 3.63) is 58.6 Å². The first-order valence-corrected chi connectivity index (χ1v) is 7.30. The molecule has 0 aliphatic heterocycles. The number of benzene rings is 2. The predicted octanol–water partition coefficient (Wildman–Crippen LogP) is 3.81. The zero-order chi connectivity index (χ0) is 15.2. The molecular formula is C17H20ClNO2. The highest BCUT2D eigenvalue weighted by atomic mass is 35.5. The molecule has 0 aliphatic carbocycles. The second-order valence-corrected chi connectivity index (χ2v) is 5.51. The summed E-state index contributed by atoms with van der Waals surface area (Å²) < 4.78 is 5.62. The molecule has 0 saturated heterocycles. The molecule has 0 saturated carbocycles. The lowest BCUT2D eigenvalue weighted by Gasteiger charge is -2.16. The minimum absolute atomic E-state index is 0.247. The highest BCUT2D eigenvalue weighted by molar-refractivity contribution is 6.30. The first-order valence-electron chi connectivity index (χ1n) is 6.93. The summed E-state index contributed by atoms with van der Waals surface area (Å²) >= 11 is 5.96. The maximum Gasteiger partial charge on any atom is 0.122 e. The monoisotopic (exact) mass is 305 g/mol. The van der Waals surface area contributed by atoms with Crippen LogP contribution < -0.4 is 10.1 Å². The number of rotatable bonds is 6. The fourth-order valence-electron chi connectivity index (χ4n) is 1.98. The number of halogens is 1. The van der Waals surface area contributed by atoms with Crippen LogP contribution in [0.2, 0.25) is 5.02 Å². The van der Waals surface area contributed by atoms with Crippen molar-refractivity contribution in [3.8, 4) is 5.75 Å². The largest absolute Gasteiger partial charge is 0.491 e. The van der Waals surface area contributed by atoms with E-state index < -0.39 is 6.10 Å². The van der Waals surface area contributed by atoms with Crippen LogP contribution in [-0.4, -0.2) is 24.4 Å². The summed E-state index contributed by atoms with van der Waals surface area (Å²) in [4.78, 5) is 0. The Morgan fingerprint density at radius 3 is 2.67 bits per heavy atom. The molecule has 0 fully saturated rings. The molecule has 0 aliphatic rings. The van der Waals surface area contributed by atoms with Gasteiger partial charge in [-0.05, 0) is 43.2 Å². The smallest absolute Gasteiger partial charge is 0.122 e. The maximum absolute atomic E-state index is 10.0. The molecule has 0 spiro atoms. The number of hydrogen-bond donors (Lipinski definition) is 2. The molecule has 0 bridgehead atoms. The molecule has 2 aromatic rings. The summed E-state index contributed by atoms with van der Waals surface area (Å²) in [7, 11) is 0. The lowest BCUT2D eigenvalue weighted by Crippen LogP contribution is -2.26. The molecule has 0 heterocycles. The van der Waals surface area contributed by atoms with Crippen LogP contribution in [0.5, 0.6) is 5.75 Å². The van der Waals surface area contributed by atoms with Crippen molar-refractivity contribution < 1.29 is 9.84 Å². The van der Waals surface area contributed by atoms with Crippen molar-refractivity contribution in [2.24, 2.45) is 0 Å². The number of aliphatic hydroxyl groups is 1. The number of aliphatic hydroxyl groups excluding tert-OH is 1. The highest BCUT2D eigenvalue weighted by Gasteiger charge is 2.07. The van der Waals surface area contributed by atoms with Gasteiger partial charge in [-0.3, -0.25) is 0 Å². The van der Waals surface area contributed by atoms with Crippen molar-refractivity contribution in [1.82, 2.24) is 0 Å². The van der Waals surface area contributed by atoms with Gasteiger partial charge in [0.2, 0.25) is 0 Å². The lowest BCUT2D eigenvalue weighted by atomic mass is 10.2. The van der Waals surface area contributed by atoms with E-state index in [1.165, 1.54) is 0 Å². The van der Waals surface area contributed by atoms with Gasteiger partial charge in [-0.1, -0.05) is 35.9 Å². The SMILES string of the molecule is Cc1ccc(Cl)cc1NCC(O)COc1ccccc1C. The average molecular weight is 306 g/mol. The Hall–Kier alpha value is -1.71. The average Bonchev–Trinajstić information content (AvgIpc) is 2.47. The number of anilines is 1. The highest BCUT2D eigenvalue weighted by Crippen LogP contribution is 2.20. The van der Waals surface area contributed by atoms with Gasteiger partial charge in [-0.15, -0.1) is 0 Å². The van der Waals surface area contributed by atoms with Crippen molar-refractivity contribution in [2.75, 3.05) is 18.5 Å². The Bertz CT molecular complexity index is 601. The quantitative estimate of drug-likeness (QED) is 0.853. The summed E-state index contributed by atoms with van der Waals surface area (Å²) in [5.41, 5.74) is 3.08. The lowest BCUT2D eigenvalue weighted by molar-refractivity contribution is 0.117. The van der Waals surface area contributed by atoms with Crippen LogP contribution in [0.3, 0.4) is 0 Å². The molecule has 1 atom stereocenters. The van der Waals surface area contributed by atoms with Crippen LogP contribution in [-0.2, 0) is 0 Å². The predicted molar refractivity (Wildman–Crippen MR) is 87.4 cm³/mol. The van der Waals surface area contributed by atoms with Gasteiger partial charge in [0.05, 0.1) is 0 Å². The van der Waals surface area contributed by atoms with E-state index in [2.05, 4.69) is 5.32 Å². The summed E-state index contributed by atoms with van der Waals surface area (Å²) in [5.74, 6) is 0.801. The van der Waals surface area contributed by atoms with Gasteiger partial charge in [-0.25, -0.2) is 0 Å². The zero-order valence-electron chi connectivity index (χ0n) is 12.3. The van der Waals surface area contributed by atoms with Crippen molar-refractivity contribution in [2.45, 2.75) is 20.0 Å². The maximum atomic E-state index is 10.0. The molecule has 0 amide bonds. The van der Waals surface area contributed by atoms with Gasteiger partial charge in [0.25, 0.3) is 0 Å². The number of nitrogens with one attached hydrogen (secondary N) is 1. The van der Waals surface area contributed by atoms with Gasteiger partial charge >= 0.3 is 0 Å². The minimum atomic E-state index is -0.594. The van der Waals surface area contributed by atoms with E-state index in [1.807, 2.05) is 56.3 Å². The fourth-order valence-corrected chi connectivity index (χ4v) is 2.15. The minimum Gasteiger partial charge on any atom is -0.491 e. The van der Waals surface area contributed by atoms with E-state index in [9.17, 15) is 5.11 Å².